The maximum absolute atomic E-state index is 11.7. The smallest absolute Gasteiger partial charge is 0.257 e. The highest BCUT2D eigenvalue weighted by molar-refractivity contribution is 7.80. The maximum Gasteiger partial charge on any atom is 0.257 e. The predicted octanol–water partition coefficient (Wildman–Crippen LogP) is 3.55. The van der Waals surface area contributed by atoms with E-state index >= 15 is 0 Å². The summed E-state index contributed by atoms with van der Waals surface area (Å²) in [7, 11) is 0. The molecule has 0 radical (unpaired) electrons. The fraction of sp³-hybridized carbons (Fsp3) is 0.0667. The summed E-state index contributed by atoms with van der Waals surface area (Å²) >= 11 is 16.8. The van der Waals surface area contributed by atoms with Gasteiger partial charge in [-0.2, -0.15) is 0 Å². The van der Waals surface area contributed by atoms with E-state index < -0.39 is 0 Å². The normalized spacial score (nSPS) is 10.1. The Morgan fingerprint density at radius 2 is 1.73 bits per heavy atom. The van der Waals surface area contributed by atoms with Gasteiger partial charge >= 0.3 is 0 Å². The van der Waals surface area contributed by atoms with Gasteiger partial charge in [-0.1, -0.05) is 29.3 Å². The molecule has 0 atom stereocenters. The molecule has 2 aromatic rings. The van der Waals surface area contributed by atoms with Crippen LogP contribution in [0.25, 0.3) is 0 Å². The van der Waals surface area contributed by atoms with Crippen molar-refractivity contribution in [2.75, 3.05) is 0 Å². The van der Waals surface area contributed by atoms with Crippen molar-refractivity contribution in [3.05, 3.63) is 63.6 Å². The summed E-state index contributed by atoms with van der Waals surface area (Å²) in [6.07, 6.45) is 0. The Labute approximate surface area is 143 Å². The minimum Gasteiger partial charge on any atom is -0.489 e. The summed E-state index contributed by atoms with van der Waals surface area (Å²) < 4.78 is 5.62. The average molecular weight is 355 g/mol. The Bertz CT molecular complexity index is 685. The number of carbonyl (C=O) groups excluding carboxylic acids is 1. The molecule has 0 bridgehead atoms. The molecule has 0 aliphatic carbocycles. The van der Waals surface area contributed by atoms with Gasteiger partial charge < -0.3 is 10.5 Å². The van der Waals surface area contributed by atoms with Crippen molar-refractivity contribution < 1.29 is 9.53 Å². The molecule has 0 saturated carbocycles. The van der Waals surface area contributed by atoms with Gasteiger partial charge in [0.25, 0.3) is 5.91 Å². The van der Waals surface area contributed by atoms with E-state index in [4.69, 9.17) is 33.7 Å². The van der Waals surface area contributed by atoms with Crippen molar-refractivity contribution in [2.45, 2.75) is 6.61 Å². The van der Waals surface area contributed by atoms with E-state index in [0.717, 1.165) is 0 Å². The Balaban J connectivity index is 2.03. The van der Waals surface area contributed by atoms with Gasteiger partial charge in [0, 0.05) is 21.2 Å². The second-order valence-electron chi connectivity index (χ2n) is 4.33. The van der Waals surface area contributed by atoms with Gasteiger partial charge in [0.1, 0.15) is 12.4 Å². The zero-order valence-corrected chi connectivity index (χ0v) is 13.6. The van der Waals surface area contributed by atoms with Gasteiger partial charge in [-0.25, -0.2) is 0 Å². The van der Waals surface area contributed by atoms with E-state index in [1.165, 1.54) is 0 Å². The number of carbonyl (C=O) groups is 1. The first kappa shape index (κ1) is 16.5. The standard InChI is InChI=1S/C15H12Cl2N2O2S/c16-12-2-1-3-13(17)11(12)8-21-10-6-4-9(5-7-10)14(20)19-15(18)22/h1-7H,8H2,(H3,18,19,20,22). The number of hydrogen-bond donors (Lipinski definition) is 2. The fourth-order valence-corrected chi connectivity index (χ4v) is 2.31. The van der Waals surface area contributed by atoms with Gasteiger partial charge in [0.2, 0.25) is 0 Å². The van der Waals surface area contributed by atoms with Gasteiger partial charge in [0.15, 0.2) is 5.11 Å². The van der Waals surface area contributed by atoms with Gasteiger partial charge in [-0.15, -0.1) is 0 Å². The largest absolute Gasteiger partial charge is 0.489 e. The lowest BCUT2D eigenvalue weighted by atomic mass is 10.2. The molecule has 0 heterocycles. The van der Waals surface area contributed by atoms with Crippen LogP contribution in [-0.2, 0) is 6.61 Å². The average Bonchev–Trinajstić information content (AvgIpc) is 2.46. The second kappa shape index (κ2) is 7.45. The molecule has 2 aromatic carbocycles. The number of amides is 1. The van der Waals surface area contributed by atoms with Crippen molar-refractivity contribution >= 4 is 46.4 Å². The molecule has 2 rings (SSSR count). The van der Waals surface area contributed by atoms with E-state index in [1.807, 2.05) is 0 Å². The highest BCUT2D eigenvalue weighted by Gasteiger charge is 2.08. The first-order valence-corrected chi connectivity index (χ1v) is 7.40. The van der Waals surface area contributed by atoms with Crippen LogP contribution in [0.2, 0.25) is 10.0 Å². The first-order chi connectivity index (χ1) is 10.5. The third-order valence-electron chi connectivity index (χ3n) is 2.80. The number of nitrogens with two attached hydrogens (primary N) is 1. The molecule has 1 amide bonds. The zero-order chi connectivity index (χ0) is 16.1. The summed E-state index contributed by atoms with van der Waals surface area (Å²) in [5.74, 6) is 0.219. The highest BCUT2D eigenvalue weighted by Crippen LogP contribution is 2.25. The minimum absolute atomic E-state index is 0.0707. The van der Waals surface area contributed by atoms with E-state index in [-0.39, 0.29) is 17.6 Å². The van der Waals surface area contributed by atoms with Crippen LogP contribution in [0.4, 0.5) is 0 Å². The van der Waals surface area contributed by atoms with Crippen LogP contribution >= 0.6 is 35.4 Å². The molecule has 3 N–H and O–H groups in total. The van der Waals surface area contributed by atoms with Crippen LogP contribution in [0.1, 0.15) is 15.9 Å². The summed E-state index contributed by atoms with van der Waals surface area (Å²) in [5, 5.41) is 3.36. The molecule has 4 nitrogen and oxygen atoms in total. The van der Waals surface area contributed by atoms with Gasteiger partial charge in [-0.3, -0.25) is 10.1 Å². The Kier molecular flexibility index (Phi) is 5.60. The van der Waals surface area contributed by atoms with Crippen LogP contribution < -0.4 is 15.8 Å². The van der Waals surface area contributed by atoms with Crippen LogP contribution in [0.5, 0.6) is 5.75 Å². The monoisotopic (exact) mass is 354 g/mol. The number of benzene rings is 2. The molecule has 0 spiro atoms. The van der Waals surface area contributed by atoms with Crippen molar-refractivity contribution in [1.82, 2.24) is 5.32 Å². The number of thiocarbonyl (C=S) groups is 1. The molecule has 0 aliphatic heterocycles. The van der Waals surface area contributed by atoms with Crippen molar-refractivity contribution in [2.24, 2.45) is 5.73 Å². The molecule has 114 valence electrons. The summed E-state index contributed by atoms with van der Waals surface area (Å²) in [6, 6.07) is 11.8. The highest BCUT2D eigenvalue weighted by atomic mass is 35.5. The van der Waals surface area contributed by atoms with Crippen LogP contribution in [0.3, 0.4) is 0 Å². The van der Waals surface area contributed by atoms with Crippen LogP contribution in [0.15, 0.2) is 42.5 Å². The predicted molar refractivity (Wildman–Crippen MR) is 91.5 cm³/mol. The number of hydrogen-bond acceptors (Lipinski definition) is 3. The van der Waals surface area contributed by atoms with E-state index in [0.29, 0.717) is 26.9 Å². The minimum atomic E-state index is -0.367. The zero-order valence-electron chi connectivity index (χ0n) is 11.3. The number of halogens is 2. The van der Waals surface area contributed by atoms with E-state index in [9.17, 15) is 4.79 Å². The molecule has 0 aliphatic rings. The maximum atomic E-state index is 11.7. The summed E-state index contributed by atoms with van der Waals surface area (Å²) in [4.78, 5) is 11.7. The molecule has 7 heteroatoms. The lowest BCUT2D eigenvalue weighted by Gasteiger charge is -2.10. The number of rotatable bonds is 4. The van der Waals surface area contributed by atoms with Crippen molar-refractivity contribution in [3.63, 3.8) is 0 Å². The molecule has 22 heavy (non-hydrogen) atoms. The van der Waals surface area contributed by atoms with Gasteiger partial charge in [-0.05, 0) is 48.6 Å². The Hall–Kier alpha value is -1.82. The van der Waals surface area contributed by atoms with Crippen molar-refractivity contribution in [1.29, 1.82) is 0 Å². The van der Waals surface area contributed by atoms with Crippen LogP contribution in [0, 0.1) is 0 Å². The van der Waals surface area contributed by atoms with Gasteiger partial charge in [0.05, 0.1) is 0 Å². The van der Waals surface area contributed by atoms with Crippen molar-refractivity contribution in [3.8, 4) is 5.75 Å². The molecule has 0 saturated heterocycles. The van der Waals surface area contributed by atoms with Crippen LogP contribution in [-0.4, -0.2) is 11.0 Å². The SMILES string of the molecule is NC(=S)NC(=O)c1ccc(OCc2c(Cl)cccc2Cl)cc1. The molecular formula is C15H12Cl2N2O2S. The number of ether oxygens (including phenoxy) is 1. The Morgan fingerprint density at radius 3 is 2.27 bits per heavy atom. The molecule has 0 unspecified atom stereocenters. The summed E-state index contributed by atoms with van der Waals surface area (Å²) in [6.45, 7) is 0.233. The Morgan fingerprint density at radius 1 is 1.14 bits per heavy atom. The number of nitrogens with one attached hydrogen (secondary N) is 1. The van der Waals surface area contributed by atoms with E-state index in [1.54, 1.807) is 42.5 Å². The summed E-state index contributed by atoms with van der Waals surface area (Å²) in [5.41, 5.74) is 6.39. The second-order valence-corrected chi connectivity index (χ2v) is 5.59. The quantitative estimate of drug-likeness (QED) is 0.824. The molecular weight excluding hydrogens is 343 g/mol. The van der Waals surface area contributed by atoms with E-state index in [2.05, 4.69) is 17.5 Å². The molecule has 0 aromatic heterocycles. The fourth-order valence-electron chi connectivity index (χ4n) is 1.71. The third-order valence-corrected chi connectivity index (χ3v) is 3.61. The first-order valence-electron chi connectivity index (χ1n) is 6.24. The lowest BCUT2D eigenvalue weighted by molar-refractivity contribution is 0.0977. The topological polar surface area (TPSA) is 64.3 Å². The lowest BCUT2D eigenvalue weighted by Crippen LogP contribution is -2.34. The third kappa shape index (κ3) is 4.34. The molecule has 0 fully saturated rings.